The molecule has 0 spiro atoms. The maximum Gasteiger partial charge on any atom is 0.383 e. The second kappa shape index (κ2) is 5.19. The Hall–Kier alpha value is -1.51. The molecule has 0 aliphatic rings. The van der Waals surface area contributed by atoms with E-state index in [4.69, 9.17) is 9.47 Å². The van der Waals surface area contributed by atoms with E-state index < -0.39 is 0 Å². The normalized spacial score (nSPS) is 9.08. The van der Waals surface area contributed by atoms with E-state index in [-0.39, 0.29) is 0 Å². The topological polar surface area (TPSA) is 30.8 Å². The molecule has 0 saturated carbocycles. The number of hydrogen-bond donors (Lipinski definition) is 0. The number of methoxy groups -OCH3 is 2. The predicted octanol–water partition coefficient (Wildman–Crippen LogP) is 1.84. The van der Waals surface area contributed by atoms with Crippen LogP contribution in [0.3, 0.4) is 0 Å². The first-order chi connectivity index (χ1) is 6.36. The van der Waals surface area contributed by atoms with E-state index in [0.717, 1.165) is 5.56 Å². The fourth-order valence-electron chi connectivity index (χ4n) is 0.952. The van der Waals surface area contributed by atoms with E-state index >= 15 is 0 Å². The smallest absolute Gasteiger partial charge is 0.383 e. The predicted molar refractivity (Wildman–Crippen MR) is 51.6 cm³/mol. The van der Waals surface area contributed by atoms with Gasteiger partial charge in [0.05, 0.1) is 20.8 Å². The van der Waals surface area contributed by atoms with Gasteiger partial charge >= 0.3 is 6.08 Å². The molecule has 0 unspecified atom stereocenters. The highest BCUT2D eigenvalue weighted by atomic mass is 16.7. The third-order valence-electron chi connectivity index (χ3n) is 1.58. The van der Waals surface area contributed by atoms with Crippen molar-refractivity contribution in [2.24, 2.45) is 4.99 Å². The van der Waals surface area contributed by atoms with Crippen LogP contribution in [0.25, 0.3) is 0 Å². The SMILES string of the molecule is COC(=NCc1ccccc1)OC. The highest BCUT2D eigenvalue weighted by Crippen LogP contribution is 2.00. The van der Waals surface area contributed by atoms with Gasteiger partial charge < -0.3 is 9.47 Å². The number of benzene rings is 1. The van der Waals surface area contributed by atoms with Crippen molar-refractivity contribution in [2.75, 3.05) is 14.2 Å². The molecule has 0 aromatic heterocycles. The minimum atomic E-state index is 0.309. The molecule has 0 N–H and O–H groups in total. The minimum absolute atomic E-state index is 0.309. The van der Waals surface area contributed by atoms with Gasteiger partial charge in [-0.05, 0) is 5.56 Å². The lowest BCUT2D eigenvalue weighted by molar-refractivity contribution is 0.240. The lowest BCUT2D eigenvalue weighted by atomic mass is 10.2. The Morgan fingerprint density at radius 3 is 2.31 bits per heavy atom. The van der Waals surface area contributed by atoms with Gasteiger partial charge in [0.25, 0.3) is 0 Å². The van der Waals surface area contributed by atoms with E-state index in [1.54, 1.807) is 0 Å². The molecule has 0 fully saturated rings. The molecule has 1 aromatic rings. The molecule has 0 aliphatic heterocycles. The fourth-order valence-corrected chi connectivity index (χ4v) is 0.952. The first kappa shape index (κ1) is 9.58. The summed E-state index contributed by atoms with van der Waals surface area (Å²) in [4.78, 5) is 4.10. The van der Waals surface area contributed by atoms with E-state index in [1.165, 1.54) is 14.2 Å². The Labute approximate surface area is 78.0 Å². The first-order valence-electron chi connectivity index (χ1n) is 4.03. The van der Waals surface area contributed by atoms with Crippen LogP contribution in [0.4, 0.5) is 0 Å². The van der Waals surface area contributed by atoms with Crippen molar-refractivity contribution in [3.63, 3.8) is 0 Å². The lowest BCUT2D eigenvalue weighted by Crippen LogP contribution is -2.03. The van der Waals surface area contributed by atoms with Gasteiger partial charge in [-0.15, -0.1) is 0 Å². The Kier molecular flexibility index (Phi) is 3.82. The van der Waals surface area contributed by atoms with Crippen molar-refractivity contribution < 1.29 is 9.47 Å². The Balaban J connectivity index is 2.55. The van der Waals surface area contributed by atoms with Crippen LogP contribution in [-0.2, 0) is 16.0 Å². The second-order valence-corrected chi connectivity index (χ2v) is 2.48. The molecular formula is C10H13NO2. The quantitative estimate of drug-likeness (QED) is 0.512. The molecule has 0 saturated heterocycles. The highest BCUT2D eigenvalue weighted by Gasteiger charge is 1.94. The lowest BCUT2D eigenvalue weighted by Gasteiger charge is -2.01. The second-order valence-electron chi connectivity index (χ2n) is 2.48. The number of hydrogen-bond acceptors (Lipinski definition) is 3. The van der Waals surface area contributed by atoms with Gasteiger partial charge in [0.15, 0.2) is 0 Å². The van der Waals surface area contributed by atoms with Crippen molar-refractivity contribution in [2.45, 2.75) is 6.54 Å². The molecular weight excluding hydrogens is 166 g/mol. The van der Waals surface area contributed by atoms with Gasteiger partial charge in [-0.1, -0.05) is 30.3 Å². The van der Waals surface area contributed by atoms with Gasteiger partial charge in [-0.2, -0.15) is 0 Å². The summed E-state index contributed by atoms with van der Waals surface area (Å²) in [5.74, 6) is 0. The van der Waals surface area contributed by atoms with Gasteiger partial charge in [-0.25, -0.2) is 4.99 Å². The minimum Gasteiger partial charge on any atom is -0.454 e. The molecule has 1 aromatic carbocycles. The fraction of sp³-hybridized carbons (Fsp3) is 0.300. The molecule has 0 radical (unpaired) electrons. The van der Waals surface area contributed by atoms with E-state index in [2.05, 4.69) is 4.99 Å². The maximum absolute atomic E-state index is 4.85. The van der Waals surface area contributed by atoms with Crippen molar-refractivity contribution in [3.05, 3.63) is 35.9 Å². The number of aliphatic imine (C=N–C) groups is 1. The maximum atomic E-state index is 4.85. The summed E-state index contributed by atoms with van der Waals surface area (Å²) >= 11 is 0. The van der Waals surface area contributed by atoms with Gasteiger partial charge in [-0.3, -0.25) is 0 Å². The zero-order valence-electron chi connectivity index (χ0n) is 7.86. The molecule has 0 bridgehead atoms. The van der Waals surface area contributed by atoms with Crippen molar-refractivity contribution in [1.29, 1.82) is 0 Å². The molecule has 0 heterocycles. The Morgan fingerprint density at radius 2 is 1.77 bits per heavy atom. The van der Waals surface area contributed by atoms with Crippen LogP contribution in [-0.4, -0.2) is 20.3 Å². The first-order valence-corrected chi connectivity index (χ1v) is 4.03. The standard InChI is InChI=1S/C10H13NO2/c1-12-10(13-2)11-8-9-6-4-3-5-7-9/h3-7H,8H2,1-2H3. The van der Waals surface area contributed by atoms with Crippen LogP contribution in [0.1, 0.15) is 5.56 Å². The van der Waals surface area contributed by atoms with E-state index in [0.29, 0.717) is 12.6 Å². The molecule has 0 aliphatic carbocycles. The highest BCUT2D eigenvalue weighted by molar-refractivity contribution is 5.66. The number of ether oxygens (including phenoxy) is 2. The molecule has 0 atom stereocenters. The van der Waals surface area contributed by atoms with Gasteiger partial charge in [0, 0.05) is 0 Å². The van der Waals surface area contributed by atoms with Crippen LogP contribution in [0.15, 0.2) is 35.3 Å². The summed E-state index contributed by atoms with van der Waals surface area (Å²) in [6.07, 6.45) is 0.309. The van der Waals surface area contributed by atoms with Crippen LogP contribution in [0.5, 0.6) is 0 Å². The average molecular weight is 179 g/mol. The van der Waals surface area contributed by atoms with Crippen LogP contribution >= 0.6 is 0 Å². The third kappa shape index (κ3) is 3.15. The summed E-state index contributed by atoms with van der Waals surface area (Å²) < 4.78 is 9.70. The zero-order valence-corrected chi connectivity index (χ0v) is 7.86. The van der Waals surface area contributed by atoms with Crippen molar-refractivity contribution >= 4 is 6.08 Å². The molecule has 70 valence electrons. The molecule has 0 amide bonds. The van der Waals surface area contributed by atoms with Crippen LogP contribution in [0, 0.1) is 0 Å². The largest absolute Gasteiger partial charge is 0.454 e. The number of rotatable bonds is 2. The number of nitrogens with zero attached hydrogens (tertiary/aromatic N) is 1. The Bertz CT molecular complexity index is 264. The molecule has 3 nitrogen and oxygen atoms in total. The summed E-state index contributed by atoms with van der Waals surface area (Å²) in [5.41, 5.74) is 1.13. The molecule has 13 heavy (non-hydrogen) atoms. The van der Waals surface area contributed by atoms with E-state index in [9.17, 15) is 0 Å². The van der Waals surface area contributed by atoms with Crippen LogP contribution in [0.2, 0.25) is 0 Å². The van der Waals surface area contributed by atoms with Crippen molar-refractivity contribution in [1.82, 2.24) is 0 Å². The Morgan fingerprint density at radius 1 is 1.15 bits per heavy atom. The van der Waals surface area contributed by atoms with E-state index in [1.807, 2.05) is 30.3 Å². The summed E-state index contributed by atoms with van der Waals surface area (Å²) in [7, 11) is 3.07. The summed E-state index contributed by atoms with van der Waals surface area (Å²) in [5, 5.41) is 0. The van der Waals surface area contributed by atoms with Gasteiger partial charge in [0.2, 0.25) is 0 Å². The van der Waals surface area contributed by atoms with Crippen LogP contribution < -0.4 is 0 Å². The summed E-state index contributed by atoms with van der Waals surface area (Å²) in [6, 6.07) is 9.94. The monoisotopic (exact) mass is 179 g/mol. The average Bonchev–Trinajstić information content (AvgIpc) is 2.21. The summed E-state index contributed by atoms with van der Waals surface area (Å²) in [6.45, 7) is 0.581. The zero-order chi connectivity index (χ0) is 9.52. The molecule has 3 heteroatoms. The van der Waals surface area contributed by atoms with Crippen molar-refractivity contribution in [3.8, 4) is 0 Å². The van der Waals surface area contributed by atoms with Gasteiger partial charge in [0.1, 0.15) is 0 Å². The molecule has 1 rings (SSSR count). The third-order valence-corrected chi connectivity index (χ3v) is 1.58.